The van der Waals surface area contributed by atoms with Gasteiger partial charge in [0.2, 0.25) is 0 Å². The van der Waals surface area contributed by atoms with Crippen molar-refractivity contribution in [2.75, 3.05) is 14.2 Å². The molecule has 0 saturated carbocycles. The number of nitro benzene ring substituents is 4. The Hall–Kier alpha value is -9.34. The van der Waals surface area contributed by atoms with Crippen LogP contribution in [0.1, 0.15) is 0 Å². The zero-order valence-corrected chi connectivity index (χ0v) is 32.2. The van der Waals surface area contributed by atoms with E-state index < -0.39 is 19.7 Å². The highest BCUT2D eigenvalue weighted by molar-refractivity contribution is 5.71. The second kappa shape index (κ2) is 16.1. The van der Waals surface area contributed by atoms with E-state index in [4.69, 9.17) is 9.47 Å². The normalized spacial score (nSPS) is 10.9. The maximum absolute atomic E-state index is 11.4. The third-order valence-corrected chi connectivity index (χ3v) is 9.53. The van der Waals surface area contributed by atoms with Gasteiger partial charge in [0.25, 0.3) is 22.7 Å². The highest BCUT2D eigenvalue weighted by Crippen LogP contribution is 2.33. The zero-order valence-electron chi connectivity index (χ0n) is 32.2. The molecule has 22 heteroatoms. The molecule has 6 aromatic carbocycles. The summed E-state index contributed by atoms with van der Waals surface area (Å²) in [5.41, 5.74) is 3.52. The van der Waals surface area contributed by atoms with E-state index in [0.717, 1.165) is 0 Å². The first-order chi connectivity index (χ1) is 29.9. The molecule has 62 heavy (non-hydrogen) atoms. The van der Waals surface area contributed by atoms with Crippen LogP contribution in [0, 0.1) is 40.5 Å². The molecule has 0 aliphatic carbocycles. The molecule has 0 aliphatic rings. The molecular formula is C40H28N12O10+2. The third-order valence-electron chi connectivity index (χ3n) is 9.53. The van der Waals surface area contributed by atoms with Gasteiger partial charge in [-0.05, 0) is 83.9 Å². The van der Waals surface area contributed by atoms with Crippen LogP contribution >= 0.6 is 0 Å². The quantitative estimate of drug-likeness (QED) is 0.0727. The van der Waals surface area contributed by atoms with Crippen LogP contribution in [-0.4, -0.2) is 64.1 Å². The molecule has 0 atom stereocenters. The van der Waals surface area contributed by atoms with E-state index in [1.54, 1.807) is 24.3 Å². The van der Waals surface area contributed by atoms with Crippen LogP contribution in [0.5, 0.6) is 11.5 Å². The van der Waals surface area contributed by atoms with Crippen molar-refractivity contribution in [3.63, 3.8) is 0 Å². The molecule has 2 heterocycles. The van der Waals surface area contributed by atoms with Crippen molar-refractivity contribution in [3.8, 4) is 68.2 Å². The second-order valence-electron chi connectivity index (χ2n) is 13.2. The number of hydrogen-bond donors (Lipinski definition) is 0. The molecule has 2 aromatic heterocycles. The Morgan fingerprint density at radius 2 is 0.726 bits per heavy atom. The van der Waals surface area contributed by atoms with Crippen LogP contribution in [0.25, 0.3) is 56.7 Å². The average molecular weight is 837 g/mol. The van der Waals surface area contributed by atoms with Crippen LogP contribution in [-0.2, 0) is 0 Å². The number of aromatic nitrogens is 8. The van der Waals surface area contributed by atoms with Gasteiger partial charge in [-0.3, -0.25) is 40.5 Å². The van der Waals surface area contributed by atoms with Gasteiger partial charge in [0.05, 0.1) is 65.7 Å². The smallest absolute Gasteiger partial charge is 0.335 e. The van der Waals surface area contributed by atoms with Gasteiger partial charge in [-0.25, -0.2) is 0 Å². The van der Waals surface area contributed by atoms with Gasteiger partial charge in [-0.2, -0.15) is 0 Å². The van der Waals surface area contributed by atoms with Gasteiger partial charge < -0.3 is 9.47 Å². The fraction of sp³-hybridized carbons (Fsp3) is 0.0500. The molecule has 306 valence electrons. The van der Waals surface area contributed by atoms with Crippen LogP contribution in [0.15, 0.2) is 133 Å². The molecule has 0 unspecified atom stereocenters. The Bertz CT molecular complexity index is 2840. The topological polar surface area (TPSA) is 260 Å². The fourth-order valence-electron chi connectivity index (χ4n) is 6.41. The summed E-state index contributed by atoms with van der Waals surface area (Å²) in [6, 6.07) is 33.4. The van der Waals surface area contributed by atoms with Gasteiger partial charge in [0.15, 0.2) is 34.2 Å². The highest BCUT2D eigenvalue weighted by Gasteiger charge is 2.30. The predicted octanol–water partition coefficient (Wildman–Crippen LogP) is 6.05. The Kier molecular flexibility index (Phi) is 10.3. The van der Waals surface area contributed by atoms with Crippen molar-refractivity contribution < 1.29 is 38.5 Å². The molecule has 0 fully saturated rings. The molecule has 0 bridgehead atoms. The van der Waals surface area contributed by atoms with Crippen molar-refractivity contribution >= 4 is 22.7 Å². The summed E-state index contributed by atoms with van der Waals surface area (Å²) < 4.78 is 14.7. The number of non-ortho nitro benzene ring substituents is 4. The molecule has 0 aliphatic heterocycles. The van der Waals surface area contributed by atoms with Gasteiger partial charge >= 0.3 is 11.6 Å². The predicted molar refractivity (Wildman–Crippen MR) is 215 cm³/mol. The van der Waals surface area contributed by atoms with Gasteiger partial charge in [-0.1, -0.05) is 21.5 Å². The average Bonchev–Trinajstić information content (AvgIpc) is 3.95. The number of benzene rings is 6. The number of nitrogens with zero attached hydrogens (tertiary/aromatic N) is 12. The lowest BCUT2D eigenvalue weighted by Crippen LogP contribution is -2.36. The number of ether oxygens (including phenoxy) is 2. The summed E-state index contributed by atoms with van der Waals surface area (Å²) >= 11 is 0. The van der Waals surface area contributed by atoms with E-state index in [-0.39, 0.29) is 34.4 Å². The summed E-state index contributed by atoms with van der Waals surface area (Å²) in [4.78, 5) is 45.9. The number of tetrazole rings is 2. The van der Waals surface area contributed by atoms with Crippen LogP contribution < -0.4 is 18.8 Å². The highest BCUT2D eigenvalue weighted by atomic mass is 16.6. The first-order valence-electron chi connectivity index (χ1n) is 18.1. The maximum Gasteiger partial charge on any atom is 0.335 e. The molecule has 0 saturated heterocycles. The molecule has 0 radical (unpaired) electrons. The maximum atomic E-state index is 11.4. The molecule has 22 nitrogen and oxygen atoms in total. The number of hydrogen-bond acceptors (Lipinski definition) is 14. The van der Waals surface area contributed by atoms with Gasteiger partial charge in [-0.15, -0.1) is 0 Å². The van der Waals surface area contributed by atoms with Crippen LogP contribution in [0.2, 0.25) is 0 Å². The Morgan fingerprint density at radius 3 is 1.02 bits per heavy atom. The monoisotopic (exact) mass is 836 g/mol. The summed E-state index contributed by atoms with van der Waals surface area (Å²) in [7, 11) is 2.95. The number of rotatable bonds is 13. The minimum absolute atomic E-state index is 0.122. The van der Waals surface area contributed by atoms with Crippen LogP contribution in [0.4, 0.5) is 22.7 Å². The van der Waals surface area contributed by atoms with E-state index in [1.807, 2.05) is 12.1 Å². The van der Waals surface area contributed by atoms with Crippen molar-refractivity contribution in [3.05, 3.63) is 174 Å². The Labute approximate surface area is 347 Å². The van der Waals surface area contributed by atoms with Crippen molar-refractivity contribution in [2.45, 2.75) is 0 Å². The molecule has 8 rings (SSSR count). The molecule has 0 spiro atoms. The van der Waals surface area contributed by atoms with E-state index in [0.29, 0.717) is 56.5 Å². The van der Waals surface area contributed by atoms with Gasteiger partial charge in [0.1, 0.15) is 0 Å². The SMILES string of the molecule is COc1cc(-c2ccc(-[n+]3nn(-c4ccc([N+](=O)[O-])cc4)nc3-c3ccc([N+](=O)[O-])cc3)c(OC)c2)ccc1-[n+]1nn(-c2ccc([N+](=O)[O-])cc2)nc1-c1ccc([N+](=O)[O-])cc1. The standard InChI is InChI=1S/C40H28N12O10/c1-61-37-23-27(7-21-35(37)45-39(25-3-9-31(10-4-25)49(53)54)41-47(43-45)29-13-17-33(18-14-29)51(57)58)28-8-22-36(38(24-28)62-2)46-40(26-5-11-32(12-6-26)50(55)56)42-48(44-46)30-15-19-34(20-16-30)52(59)60/h3-24H,1-2H3/q+2. The first kappa shape index (κ1) is 39.5. The summed E-state index contributed by atoms with van der Waals surface area (Å²) in [5, 5.41) is 64.0. The Morgan fingerprint density at radius 1 is 0.435 bits per heavy atom. The first-order valence-corrected chi connectivity index (χ1v) is 18.1. The third kappa shape index (κ3) is 7.55. The molecule has 8 aromatic rings. The summed E-state index contributed by atoms with van der Waals surface area (Å²) in [6.45, 7) is 0. The molecule has 0 amide bonds. The van der Waals surface area contributed by atoms with Crippen molar-refractivity contribution in [2.24, 2.45) is 0 Å². The minimum atomic E-state index is -0.522. The lowest BCUT2D eigenvalue weighted by molar-refractivity contribution is -0.651. The number of methoxy groups -OCH3 is 2. The lowest BCUT2D eigenvalue weighted by atomic mass is 10.0. The fourth-order valence-corrected chi connectivity index (χ4v) is 6.41. The van der Waals surface area contributed by atoms with Crippen molar-refractivity contribution in [1.29, 1.82) is 0 Å². The second-order valence-corrected chi connectivity index (χ2v) is 13.2. The molecular weight excluding hydrogens is 809 g/mol. The lowest BCUT2D eigenvalue weighted by Gasteiger charge is -2.11. The van der Waals surface area contributed by atoms with Gasteiger partial charge in [0, 0.05) is 58.1 Å². The largest absolute Gasteiger partial charge is 0.493 e. The van der Waals surface area contributed by atoms with E-state index >= 15 is 0 Å². The van der Waals surface area contributed by atoms with E-state index in [9.17, 15) is 40.5 Å². The van der Waals surface area contributed by atoms with E-state index in [2.05, 4.69) is 20.6 Å². The number of nitro groups is 4. The minimum Gasteiger partial charge on any atom is -0.493 e. The zero-order chi connectivity index (χ0) is 43.7. The molecule has 0 N–H and O–H groups in total. The van der Waals surface area contributed by atoms with Crippen LogP contribution in [0.3, 0.4) is 0 Å². The summed E-state index contributed by atoms with van der Waals surface area (Å²) in [5.74, 6) is 1.27. The van der Waals surface area contributed by atoms with E-state index in [1.165, 1.54) is 130 Å². The van der Waals surface area contributed by atoms with Crippen molar-refractivity contribution in [1.82, 2.24) is 30.2 Å². The Balaban J connectivity index is 1.20. The summed E-state index contributed by atoms with van der Waals surface area (Å²) in [6.07, 6.45) is 0.